The minimum absolute atomic E-state index is 0.0579. The lowest BCUT2D eigenvalue weighted by atomic mass is 9.64. The summed E-state index contributed by atoms with van der Waals surface area (Å²) in [6.07, 6.45) is 7.59. The van der Waals surface area contributed by atoms with Crippen LogP contribution in [0.5, 0.6) is 5.75 Å². The average molecular weight is 548 g/mol. The van der Waals surface area contributed by atoms with Crippen LogP contribution in [-0.2, 0) is 22.4 Å². The molecule has 0 saturated heterocycles. The molecule has 7 heteroatoms. The van der Waals surface area contributed by atoms with Crippen LogP contribution in [0.1, 0.15) is 44.2 Å². The first-order valence-electron chi connectivity index (χ1n) is 14.4. The smallest absolute Gasteiger partial charge is 0.244 e. The fraction of sp³-hybridized carbons (Fsp3) is 0.455. The highest BCUT2D eigenvalue weighted by Crippen LogP contribution is 2.44. The molecule has 40 heavy (non-hydrogen) atoms. The number of aliphatic hydroxyl groups excluding tert-OH is 1. The van der Waals surface area contributed by atoms with Crippen molar-refractivity contribution in [2.45, 2.75) is 52.1 Å². The van der Waals surface area contributed by atoms with Gasteiger partial charge in [-0.1, -0.05) is 74.5 Å². The van der Waals surface area contributed by atoms with Gasteiger partial charge in [0, 0.05) is 31.1 Å². The van der Waals surface area contributed by atoms with Crippen LogP contribution >= 0.6 is 0 Å². The van der Waals surface area contributed by atoms with Crippen LogP contribution in [0.3, 0.4) is 0 Å². The van der Waals surface area contributed by atoms with Crippen molar-refractivity contribution in [1.82, 2.24) is 10.2 Å². The Morgan fingerprint density at radius 3 is 2.33 bits per heavy atom. The van der Waals surface area contributed by atoms with E-state index in [4.69, 9.17) is 10.5 Å². The lowest BCUT2D eigenvalue weighted by Crippen LogP contribution is -2.54. The Bertz CT molecular complexity index is 1140. The molecule has 3 rings (SSSR count). The SMILES string of the molecule is CCCN(CCC)C(=O)C1([C@H](Cc2ccccc2)[C@@H](O)CNCCc2ccc(OC)cc2)C=CC=C(C(N)=O)C1. The van der Waals surface area contributed by atoms with E-state index < -0.39 is 23.3 Å². The highest BCUT2D eigenvalue weighted by Gasteiger charge is 2.49. The van der Waals surface area contributed by atoms with Crippen LogP contribution in [-0.4, -0.2) is 61.2 Å². The number of carbonyl (C=O) groups is 2. The van der Waals surface area contributed by atoms with Gasteiger partial charge < -0.3 is 25.8 Å². The first-order chi connectivity index (χ1) is 19.3. The lowest BCUT2D eigenvalue weighted by Gasteiger charge is -2.44. The molecule has 0 aliphatic heterocycles. The van der Waals surface area contributed by atoms with E-state index in [0.717, 1.165) is 36.1 Å². The largest absolute Gasteiger partial charge is 0.497 e. The van der Waals surface area contributed by atoms with Gasteiger partial charge in [-0.15, -0.1) is 0 Å². The number of hydrogen-bond acceptors (Lipinski definition) is 5. The van der Waals surface area contributed by atoms with Gasteiger partial charge in [0.25, 0.3) is 0 Å². The number of nitrogens with zero attached hydrogens (tertiary/aromatic N) is 1. The van der Waals surface area contributed by atoms with Crippen LogP contribution in [0.4, 0.5) is 0 Å². The van der Waals surface area contributed by atoms with Gasteiger partial charge in [-0.05, 0) is 61.9 Å². The molecular weight excluding hydrogens is 502 g/mol. The Hall–Kier alpha value is -3.42. The number of amides is 2. The number of methoxy groups -OCH3 is 1. The van der Waals surface area contributed by atoms with Crippen LogP contribution in [0.25, 0.3) is 0 Å². The minimum atomic E-state index is -1.10. The van der Waals surface area contributed by atoms with Gasteiger partial charge in [0.15, 0.2) is 0 Å². The zero-order chi connectivity index (χ0) is 29.0. The minimum Gasteiger partial charge on any atom is -0.497 e. The molecule has 0 spiro atoms. The second-order valence-electron chi connectivity index (χ2n) is 10.6. The molecule has 2 aromatic carbocycles. The summed E-state index contributed by atoms with van der Waals surface area (Å²) in [5.74, 6) is -0.260. The number of nitrogens with two attached hydrogens (primary N) is 1. The Labute approximate surface area is 239 Å². The van der Waals surface area contributed by atoms with E-state index in [1.165, 1.54) is 0 Å². The van der Waals surface area contributed by atoms with Crippen molar-refractivity contribution in [2.24, 2.45) is 17.1 Å². The Morgan fingerprint density at radius 2 is 1.73 bits per heavy atom. The number of nitrogens with one attached hydrogen (secondary N) is 1. The summed E-state index contributed by atoms with van der Waals surface area (Å²) in [7, 11) is 1.65. The average Bonchev–Trinajstić information content (AvgIpc) is 2.98. The molecule has 2 aromatic rings. The van der Waals surface area contributed by atoms with Gasteiger partial charge >= 0.3 is 0 Å². The number of primary amides is 1. The van der Waals surface area contributed by atoms with Gasteiger partial charge in [0.05, 0.1) is 18.6 Å². The van der Waals surface area contributed by atoms with Crippen molar-refractivity contribution in [3.8, 4) is 5.75 Å². The quantitative estimate of drug-likeness (QED) is 0.275. The van der Waals surface area contributed by atoms with Gasteiger partial charge in [-0.2, -0.15) is 0 Å². The summed E-state index contributed by atoms with van der Waals surface area (Å²) in [4.78, 5) is 28.6. The van der Waals surface area contributed by atoms with E-state index in [1.807, 2.05) is 65.6 Å². The number of allylic oxidation sites excluding steroid dienone is 2. The molecule has 7 nitrogen and oxygen atoms in total. The van der Waals surface area contributed by atoms with Gasteiger partial charge in [-0.25, -0.2) is 0 Å². The van der Waals surface area contributed by atoms with E-state index in [1.54, 1.807) is 19.3 Å². The number of benzene rings is 2. The topological polar surface area (TPSA) is 105 Å². The molecule has 0 aromatic heterocycles. The van der Waals surface area contributed by atoms with Crippen molar-refractivity contribution in [3.05, 3.63) is 89.5 Å². The molecule has 0 radical (unpaired) electrons. The molecule has 0 bridgehead atoms. The summed E-state index contributed by atoms with van der Waals surface area (Å²) in [5.41, 5.74) is 7.23. The molecule has 1 unspecified atom stereocenters. The van der Waals surface area contributed by atoms with Gasteiger partial charge in [-0.3, -0.25) is 9.59 Å². The van der Waals surface area contributed by atoms with E-state index in [9.17, 15) is 14.7 Å². The lowest BCUT2D eigenvalue weighted by molar-refractivity contribution is -0.145. The third-order valence-electron chi connectivity index (χ3n) is 7.69. The third kappa shape index (κ3) is 8.05. The highest BCUT2D eigenvalue weighted by molar-refractivity contribution is 5.95. The molecule has 4 N–H and O–H groups in total. The molecule has 216 valence electrons. The normalized spacial score (nSPS) is 18.1. The molecule has 2 amide bonds. The van der Waals surface area contributed by atoms with Crippen molar-refractivity contribution in [3.63, 3.8) is 0 Å². The number of aliphatic hydroxyl groups is 1. The summed E-state index contributed by atoms with van der Waals surface area (Å²) in [6.45, 7) is 6.32. The summed E-state index contributed by atoms with van der Waals surface area (Å²) in [5, 5.41) is 15.2. The van der Waals surface area contributed by atoms with Gasteiger partial charge in [0.2, 0.25) is 11.8 Å². The predicted molar refractivity (Wildman–Crippen MR) is 160 cm³/mol. The maximum Gasteiger partial charge on any atom is 0.244 e. The van der Waals surface area contributed by atoms with Crippen LogP contribution < -0.4 is 15.8 Å². The standard InChI is InChI=1S/C33H45N3O4/c1-4-20-36(21-5-2)32(39)33(18-9-12-27(23-33)31(34)38)29(22-26-10-7-6-8-11-26)30(37)24-35-19-17-25-13-15-28(40-3)16-14-25/h6-16,18,29-30,35,37H,4-5,17,19-24H2,1-3H3,(H2,34,38)/t29-,30+,33?/m1/s1. The first-order valence-corrected chi connectivity index (χ1v) is 14.4. The maximum atomic E-state index is 14.4. The monoisotopic (exact) mass is 547 g/mol. The predicted octanol–water partition coefficient (Wildman–Crippen LogP) is 4.05. The number of carbonyl (C=O) groups excluding carboxylic acids is 2. The van der Waals surface area contributed by atoms with Crippen molar-refractivity contribution < 1.29 is 19.4 Å². The zero-order valence-electron chi connectivity index (χ0n) is 24.1. The van der Waals surface area contributed by atoms with Crippen molar-refractivity contribution in [1.29, 1.82) is 0 Å². The Morgan fingerprint density at radius 1 is 1.05 bits per heavy atom. The highest BCUT2D eigenvalue weighted by atomic mass is 16.5. The van der Waals surface area contributed by atoms with Crippen LogP contribution in [0.2, 0.25) is 0 Å². The summed E-state index contributed by atoms with van der Waals surface area (Å²) < 4.78 is 5.24. The van der Waals surface area contributed by atoms with Crippen LogP contribution in [0.15, 0.2) is 78.4 Å². The van der Waals surface area contributed by atoms with Gasteiger partial charge in [0.1, 0.15) is 5.75 Å². The fourth-order valence-corrected chi connectivity index (χ4v) is 5.59. The maximum absolute atomic E-state index is 14.4. The molecular formula is C33H45N3O4. The molecule has 3 atom stereocenters. The molecule has 0 heterocycles. The van der Waals surface area contributed by atoms with Crippen LogP contribution in [0, 0.1) is 11.3 Å². The molecule has 1 aliphatic rings. The van der Waals surface area contributed by atoms with Crippen molar-refractivity contribution >= 4 is 11.8 Å². The third-order valence-corrected chi connectivity index (χ3v) is 7.69. The van der Waals surface area contributed by atoms with Crippen molar-refractivity contribution in [2.75, 3.05) is 33.3 Å². The van der Waals surface area contributed by atoms with E-state index in [2.05, 4.69) is 19.2 Å². The molecule has 0 saturated carbocycles. The molecule has 0 fully saturated rings. The van der Waals surface area contributed by atoms with E-state index >= 15 is 0 Å². The fourth-order valence-electron chi connectivity index (χ4n) is 5.59. The number of hydrogen-bond donors (Lipinski definition) is 3. The zero-order valence-corrected chi connectivity index (χ0v) is 24.1. The Balaban J connectivity index is 1.89. The van der Waals surface area contributed by atoms with E-state index in [-0.39, 0.29) is 12.3 Å². The first kappa shape index (κ1) is 31.1. The second kappa shape index (κ2) is 15.4. The molecule has 1 aliphatic carbocycles. The summed E-state index contributed by atoms with van der Waals surface area (Å²) in [6, 6.07) is 17.9. The summed E-state index contributed by atoms with van der Waals surface area (Å²) >= 11 is 0. The van der Waals surface area contributed by atoms with E-state index in [0.29, 0.717) is 38.2 Å². The number of rotatable bonds is 16. The Kier molecular flexibility index (Phi) is 12.0. The second-order valence-corrected chi connectivity index (χ2v) is 10.6. The number of ether oxygens (including phenoxy) is 1.